The molecule has 0 saturated heterocycles. The van der Waals surface area contributed by atoms with E-state index >= 15 is 0 Å². The number of nitrogens with zero attached hydrogens (tertiary/aromatic N) is 12. The van der Waals surface area contributed by atoms with E-state index in [1.54, 1.807) is 121 Å². The monoisotopic (exact) mass is 1330 g/mol. The molecule has 0 N–H and O–H groups in total. The molecule has 6 heterocycles. The molecule has 0 radical (unpaired) electrons. The van der Waals surface area contributed by atoms with Crippen LogP contribution in [-0.2, 0) is 24.7 Å². The Balaban J connectivity index is 0.000000190. The summed E-state index contributed by atoms with van der Waals surface area (Å²) >= 11 is 0. The Kier molecular flexibility index (Phi) is 15.7. The summed E-state index contributed by atoms with van der Waals surface area (Å²) in [6.07, 6.45) is -20.7. The summed E-state index contributed by atoms with van der Waals surface area (Å²) in [6.45, 7) is 0. The molecule has 0 spiro atoms. The summed E-state index contributed by atoms with van der Waals surface area (Å²) in [6, 6.07) is 34.9. The van der Waals surface area contributed by atoms with Gasteiger partial charge in [0.2, 0.25) is 0 Å². The quantitative estimate of drug-likeness (QED) is 0.0629. The third-order valence-corrected chi connectivity index (χ3v) is 14.1. The van der Waals surface area contributed by atoms with Crippen LogP contribution in [0.2, 0.25) is 0 Å². The van der Waals surface area contributed by atoms with Crippen molar-refractivity contribution in [1.82, 2.24) is 59.8 Å². The zero-order valence-corrected chi connectivity index (χ0v) is 49.0. The van der Waals surface area contributed by atoms with Gasteiger partial charge in [-0.3, -0.25) is 0 Å². The highest BCUT2D eigenvalue weighted by atomic mass is 19.4. The average molecular weight is 1330 g/mol. The van der Waals surface area contributed by atoms with Gasteiger partial charge in [0, 0.05) is 0 Å². The Morgan fingerprint density at radius 2 is 0.438 bits per heavy atom. The van der Waals surface area contributed by atoms with Crippen molar-refractivity contribution >= 4 is 88.3 Å². The predicted octanol–water partition coefficient (Wildman–Crippen LogP) is 16.6. The molecule has 8 aromatic carbocycles. The van der Waals surface area contributed by atoms with Gasteiger partial charge in [-0.15, -0.1) is 0 Å². The lowest BCUT2D eigenvalue weighted by Gasteiger charge is -2.17. The Labute approximate surface area is 528 Å². The van der Waals surface area contributed by atoms with Gasteiger partial charge in [-0.1, -0.05) is 72.8 Å². The van der Waals surface area contributed by atoms with Crippen molar-refractivity contribution in [3.8, 4) is 70.0 Å². The first-order valence-corrected chi connectivity index (χ1v) is 27.7. The molecule has 14 rings (SSSR count). The second-order valence-corrected chi connectivity index (χ2v) is 20.2. The minimum absolute atomic E-state index is 0.00438. The van der Waals surface area contributed by atoms with Crippen LogP contribution in [0, 0.1) is 0 Å². The fourth-order valence-electron chi connectivity index (χ4n) is 9.88. The molecule has 0 saturated carbocycles. The van der Waals surface area contributed by atoms with E-state index in [2.05, 4.69) is 39.9 Å². The Bertz CT molecular complexity index is 5380. The fourth-order valence-corrected chi connectivity index (χ4v) is 9.88. The fraction of sp³-hybridized carbons (Fsp3) is 0.125. The molecule has 0 aliphatic heterocycles. The van der Waals surface area contributed by atoms with Gasteiger partial charge in [0.1, 0.15) is 100 Å². The number of halogens is 12. The van der Waals surface area contributed by atoms with Crippen LogP contribution in [0.1, 0.15) is 22.3 Å². The van der Waals surface area contributed by atoms with E-state index in [0.717, 1.165) is 0 Å². The standard InChI is InChI=1S/C42H22F6N6O4.C22H14F6N6O4/c43-41(44,45)23-21-28(42(46,47)48)30-29(22-23)49-31-32(50-30)34-36(54-40(58-27-19-11-4-12-20-27)38(52-34)56-25-15-7-2-8-16-25)35-33(31)51-37(55-24-13-5-1-6-14-24)39(53-35)57-26-17-9-3-10-18-26;1-35-17-19(37-3)33-15-13(31-17)11-12(14-16(15)34-20(38-4)18(32-14)36-2)30-10-8(22(26,27)28)5-7(21(23,24)25)6-9(10)29-11/h1-22H;5-6H,1-4H3. The van der Waals surface area contributed by atoms with E-state index in [1.807, 2.05) is 0 Å². The summed E-state index contributed by atoms with van der Waals surface area (Å²) in [7, 11) is 5.11. The van der Waals surface area contributed by atoms with Gasteiger partial charge in [-0.2, -0.15) is 52.7 Å². The minimum Gasteiger partial charge on any atom is -0.477 e. The van der Waals surface area contributed by atoms with Crippen molar-refractivity contribution < 1.29 is 90.6 Å². The maximum atomic E-state index is 14.6. The average Bonchev–Trinajstić information content (AvgIpc) is 0.723. The number of benzene rings is 8. The van der Waals surface area contributed by atoms with Crippen molar-refractivity contribution in [2.45, 2.75) is 24.7 Å². The minimum atomic E-state index is -5.27. The molecule has 484 valence electrons. The number of hydrogen-bond donors (Lipinski definition) is 0. The van der Waals surface area contributed by atoms with Crippen LogP contribution < -0.4 is 37.9 Å². The Morgan fingerprint density at radius 3 is 0.646 bits per heavy atom. The molecule has 0 amide bonds. The van der Waals surface area contributed by atoms with Crippen LogP contribution in [0.4, 0.5) is 52.7 Å². The molecule has 14 aromatic rings. The maximum absolute atomic E-state index is 14.6. The van der Waals surface area contributed by atoms with E-state index in [1.165, 1.54) is 28.4 Å². The summed E-state index contributed by atoms with van der Waals surface area (Å²) in [5.41, 5.74) is -11.3. The highest BCUT2D eigenvalue weighted by molar-refractivity contribution is 6.21. The number of ether oxygens (including phenoxy) is 8. The lowest BCUT2D eigenvalue weighted by molar-refractivity contribution is -0.143. The highest BCUT2D eigenvalue weighted by Crippen LogP contribution is 2.46. The van der Waals surface area contributed by atoms with Crippen LogP contribution in [0.25, 0.3) is 88.3 Å². The Morgan fingerprint density at radius 1 is 0.229 bits per heavy atom. The summed E-state index contributed by atoms with van der Waals surface area (Å²) in [5, 5.41) is 0. The number of fused-ring (bicyclic) bond motifs is 14. The predicted molar refractivity (Wildman–Crippen MR) is 319 cm³/mol. The zero-order valence-electron chi connectivity index (χ0n) is 49.0. The molecular weight excluding hydrogens is 1290 g/mol. The van der Waals surface area contributed by atoms with Gasteiger partial charge >= 0.3 is 24.7 Å². The van der Waals surface area contributed by atoms with Crippen molar-refractivity contribution in [3.05, 3.63) is 168 Å². The number of para-hydroxylation sites is 4. The molecule has 20 nitrogen and oxygen atoms in total. The van der Waals surface area contributed by atoms with Gasteiger partial charge < -0.3 is 37.9 Å². The number of hydrogen-bond acceptors (Lipinski definition) is 20. The van der Waals surface area contributed by atoms with E-state index in [-0.39, 0.29) is 125 Å². The molecule has 0 fully saturated rings. The largest absolute Gasteiger partial charge is 0.477 e. The number of rotatable bonds is 12. The first-order chi connectivity index (χ1) is 45.9. The van der Waals surface area contributed by atoms with Crippen molar-refractivity contribution in [1.29, 1.82) is 0 Å². The summed E-state index contributed by atoms with van der Waals surface area (Å²) in [5.74, 6) is 0.0375. The topological polar surface area (TPSA) is 229 Å². The molecule has 96 heavy (non-hydrogen) atoms. The van der Waals surface area contributed by atoms with Crippen molar-refractivity contribution in [2.24, 2.45) is 0 Å². The first-order valence-electron chi connectivity index (χ1n) is 27.7. The van der Waals surface area contributed by atoms with Gasteiger partial charge in [0.25, 0.3) is 47.0 Å². The molecular formula is C64H36F12N12O8. The molecule has 0 bridgehead atoms. The second kappa shape index (κ2) is 24.1. The van der Waals surface area contributed by atoms with Crippen LogP contribution >= 0.6 is 0 Å². The maximum Gasteiger partial charge on any atom is 0.418 e. The molecule has 0 aliphatic carbocycles. The van der Waals surface area contributed by atoms with Crippen LogP contribution in [0.15, 0.2) is 146 Å². The molecule has 32 heteroatoms. The molecule has 0 unspecified atom stereocenters. The third kappa shape index (κ3) is 11.9. The summed E-state index contributed by atoms with van der Waals surface area (Å²) in [4.78, 5) is 53.1. The number of alkyl halides is 12. The lowest BCUT2D eigenvalue weighted by atomic mass is 10.1. The first kappa shape index (κ1) is 62.7. The van der Waals surface area contributed by atoms with E-state index < -0.39 is 69.0 Å². The normalized spacial score (nSPS) is 12.2. The molecule has 6 aromatic heterocycles. The van der Waals surface area contributed by atoms with Crippen LogP contribution in [0.5, 0.6) is 70.0 Å². The van der Waals surface area contributed by atoms with E-state index in [9.17, 15) is 52.7 Å². The number of aromatic nitrogens is 12. The Hall–Kier alpha value is -12.1. The SMILES string of the molecule is COc1nc2c3nc(OC)c(OC)nc3c3nc4c(C(F)(F)F)cc(C(F)(F)F)cc4nc3c2nc1OC.FC(F)(F)c1cc(C(F)(F)F)c2nc3c4nc(Oc5ccccc5)c(Oc5ccccc5)nc4c4nc(Oc5ccccc5)c(Oc5ccccc5)nc4c3nc2c1. The van der Waals surface area contributed by atoms with E-state index in [0.29, 0.717) is 35.1 Å². The smallest absolute Gasteiger partial charge is 0.418 e. The zero-order chi connectivity index (χ0) is 67.6. The van der Waals surface area contributed by atoms with Crippen LogP contribution in [-0.4, -0.2) is 88.2 Å². The van der Waals surface area contributed by atoms with Gasteiger partial charge in [0.15, 0.2) is 0 Å². The molecule has 0 aliphatic rings. The number of methoxy groups -OCH3 is 4. The molecule has 0 atom stereocenters. The van der Waals surface area contributed by atoms with Crippen molar-refractivity contribution in [3.63, 3.8) is 0 Å². The van der Waals surface area contributed by atoms with Gasteiger partial charge in [-0.25, -0.2) is 59.8 Å². The van der Waals surface area contributed by atoms with Gasteiger partial charge in [0.05, 0.1) is 61.7 Å². The second-order valence-electron chi connectivity index (χ2n) is 20.2. The van der Waals surface area contributed by atoms with Crippen LogP contribution in [0.3, 0.4) is 0 Å². The van der Waals surface area contributed by atoms with E-state index in [4.69, 9.17) is 57.8 Å². The van der Waals surface area contributed by atoms with Gasteiger partial charge in [-0.05, 0) is 72.8 Å². The summed E-state index contributed by atoms with van der Waals surface area (Å²) < 4.78 is 213. The van der Waals surface area contributed by atoms with Crippen molar-refractivity contribution in [2.75, 3.05) is 28.4 Å². The third-order valence-electron chi connectivity index (χ3n) is 14.1. The highest BCUT2D eigenvalue weighted by Gasteiger charge is 2.41. The lowest BCUT2D eigenvalue weighted by Crippen LogP contribution is -2.13.